The summed E-state index contributed by atoms with van der Waals surface area (Å²) in [5.74, 6) is 1.09. The summed E-state index contributed by atoms with van der Waals surface area (Å²) in [4.78, 5) is 9.31. The zero-order valence-corrected chi connectivity index (χ0v) is 12.2. The van der Waals surface area contributed by atoms with Crippen molar-refractivity contribution in [3.63, 3.8) is 0 Å². The van der Waals surface area contributed by atoms with E-state index in [2.05, 4.69) is 9.55 Å². The van der Waals surface area contributed by atoms with E-state index in [-0.39, 0.29) is 0 Å². The first-order valence-electron chi connectivity index (χ1n) is 7.93. The number of rotatable bonds is 4. The van der Waals surface area contributed by atoms with Crippen molar-refractivity contribution in [1.82, 2.24) is 14.5 Å². The van der Waals surface area contributed by atoms with Crippen molar-refractivity contribution in [3.8, 4) is 0 Å². The molecule has 4 rings (SSSR count). The minimum atomic E-state index is 0.299. The van der Waals surface area contributed by atoms with Gasteiger partial charge in [-0.1, -0.05) is 0 Å². The van der Waals surface area contributed by atoms with Crippen LogP contribution in [0.4, 0.5) is 0 Å². The largest absolute Gasteiger partial charge is 0.378 e. The second-order valence-corrected chi connectivity index (χ2v) is 5.96. The third-order valence-electron chi connectivity index (χ3n) is 4.43. The fourth-order valence-corrected chi connectivity index (χ4v) is 3.35. The minimum absolute atomic E-state index is 0.299. The van der Waals surface area contributed by atoms with Crippen molar-refractivity contribution in [2.24, 2.45) is 0 Å². The number of hydrogen-bond acceptors (Lipinski definition) is 4. The van der Waals surface area contributed by atoms with Gasteiger partial charge in [-0.2, -0.15) is 0 Å². The second-order valence-electron chi connectivity index (χ2n) is 5.96. The van der Waals surface area contributed by atoms with Gasteiger partial charge in [0, 0.05) is 25.8 Å². The van der Waals surface area contributed by atoms with E-state index in [1.807, 2.05) is 18.3 Å². The molecule has 2 aliphatic heterocycles. The summed E-state index contributed by atoms with van der Waals surface area (Å²) in [5.41, 5.74) is 1.95. The van der Waals surface area contributed by atoms with Gasteiger partial charge < -0.3 is 14.0 Å². The maximum absolute atomic E-state index is 5.79. The molecular formula is C16H21N3O2. The van der Waals surface area contributed by atoms with E-state index < -0.39 is 0 Å². The van der Waals surface area contributed by atoms with Crippen molar-refractivity contribution in [1.29, 1.82) is 0 Å². The molecule has 0 spiro atoms. The Balaban J connectivity index is 1.65. The number of nitrogens with zero attached hydrogens (tertiary/aromatic N) is 3. The lowest BCUT2D eigenvalue weighted by molar-refractivity contribution is 0.0929. The van der Waals surface area contributed by atoms with Gasteiger partial charge in [0.15, 0.2) is 5.65 Å². The van der Waals surface area contributed by atoms with Crippen LogP contribution in [0, 0.1) is 0 Å². The van der Waals surface area contributed by atoms with Gasteiger partial charge in [0.2, 0.25) is 0 Å². The van der Waals surface area contributed by atoms with Gasteiger partial charge in [-0.05, 0) is 37.8 Å². The van der Waals surface area contributed by atoms with Gasteiger partial charge >= 0.3 is 0 Å². The molecule has 2 saturated heterocycles. The topological polar surface area (TPSA) is 49.2 Å². The van der Waals surface area contributed by atoms with Crippen molar-refractivity contribution in [2.45, 2.75) is 50.9 Å². The molecule has 2 aromatic heterocycles. The molecular weight excluding hydrogens is 266 g/mol. The number of ether oxygens (including phenoxy) is 2. The molecule has 2 fully saturated rings. The third-order valence-corrected chi connectivity index (χ3v) is 4.43. The fourth-order valence-electron chi connectivity index (χ4n) is 3.35. The van der Waals surface area contributed by atoms with Gasteiger partial charge in [-0.3, -0.25) is 0 Å². The molecule has 5 heteroatoms. The average molecular weight is 287 g/mol. The highest BCUT2D eigenvalue weighted by Gasteiger charge is 2.23. The van der Waals surface area contributed by atoms with Crippen LogP contribution in [0.1, 0.15) is 31.5 Å². The molecule has 5 nitrogen and oxygen atoms in total. The number of imidazole rings is 1. The van der Waals surface area contributed by atoms with Gasteiger partial charge in [-0.15, -0.1) is 0 Å². The Bertz CT molecular complexity index is 613. The van der Waals surface area contributed by atoms with Crippen LogP contribution in [0.25, 0.3) is 11.2 Å². The van der Waals surface area contributed by atoms with Crippen LogP contribution >= 0.6 is 0 Å². The van der Waals surface area contributed by atoms with Crippen LogP contribution in [0.3, 0.4) is 0 Å². The number of pyridine rings is 1. The second kappa shape index (κ2) is 5.73. The molecule has 0 N–H and O–H groups in total. The Morgan fingerprint density at radius 1 is 1.14 bits per heavy atom. The van der Waals surface area contributed by atoms with Crippen LogP contribution in [-0.4, -0.2) is 40.0 Å². The first-order chi connectivity index (χ1) is 10.4. The lowest BCUT2D eigenvalue weighted by Crippen LogP contribution is -2.20. The molecule has 2 atom stereocenters. The molecule has 21 heavy (non-hydrogen) atoms. The van der Waals surface area contributed by atoms with E-state index in [0.29, 0.717) is 12.2 Å². The van der Waals surface area contributed by atoms with E-state index in [9.17, 15) is 0 Å². The SMILES string of the molecule is c1cnc2c(c1)nc(CC1CCCO1)n2CC1CCCO1. The molecule has 2 aromatic rings. The van der Waals surface area contributed by atoms with Crippen molar-refractivity contribution >= 4 is 11.2 Å². The lowest BCUT2D eigenvalue weighted by Gasteiger charge is -2.15. The Kier molecular flexibility index (Phi) is 3.61. The highest BCUT2D eigenvalue weighted by atomic mass is 16.5. The lowest BCUT2D eigenvalue weighted by atomic mass is 10.1. The molecule has 0 aliphatic carbocycles. The molecule has 0 aromatic carbocycles. The van der Waals surface area contributed by atoms with E-state index in [4.69, 9.17) is 14.5 Å². The van der Waals surface area contributed by atoms with E-state index in [1.165, 1.54) is 0 Å². The maximum atomic E-state index is 5.79. The number of fused-ring (bicyclic) bond motifs is 1. The smallest absolute Gasteiger partial charge is 0.160 e. The van der Waals surface area contributed by atoms with Crippen LogP contribution in [0.5, 0.6) is 0 Å². The van der Waals surface area contributed by atoms with Crippen molar-refractivity contribution in [3.05, 3.63) is 24.2 Å². The standard InChI is InChI=1S/C16H21N3O2/c1-6-14-16(17-7-1)19(11-13-5-3-9-21-13)15(18-14)10-12-4-2-8-20-12/h1,6-7,12-13H,2-5,8-11H2. The molecule has 2 aliphatic rings. The third kappa shape index (κ3) is 2.68. The first-order valence-corrected chi connectivity index (χ1v) is 7.93. The zero-order valence-electron chi connectivity index (χ0n) is 12.2. The fraction of sp³-hybridized carbons (Fsp3) is 0.625. The molecule has 4 heterocycles. The molecule has 2 unspecified atom stereocenters. The highest BCUT2D eigenvalue weighted by molar-refractivity contribution is 5.71. The van der Waals surface area contributed by atoms with Gasteiger partial charge in [-0.25, -0.2) is 9.97 Å². The Hall–Kier alpha value is -1.46. The van der Waals surface area contributed by atoms with Crippen LogP contribution in [0.2, 0.25) is 0 Å². The summed E-state index contributed by atoms with van der Waals surface area (Å²) in [7, 11) is 0. The van der Waals surface area contributed by atoms with Crippen LogP contribution < -0.4 is 0 Å². The Morgan fingerprint density at radius 2 is 1.95 bits per heavy atom. The molecule has 0 saturated carbocycles. The molecule has 0 radical (unpaired) electrons. The predicted octanol–water partition coefficient (Wildman–Crippen LogP) is 2.33. The minimum Gasteiger partial charge on any atom is -0.378 e. The number of hydrogen-bond donors (Lipinski definition) is 0. The van der Waals surface area contributed by atoms with Crippen LogP contribution in [0.15, 0.2) is 18.3 Å². The monoisotopic (exact) mass is 287 g/mol. The van der Waals surface area contributed by atoms with E-state index >= 15 is 0 Å². The predicted molar refractivity (Wildman–Crippen MR) is 79.2 cm³/mol. The highest BCUT2D eigenvalue weighted by Crippen LogP contribution is 2.23. The Labute approximate surface area is 124 Å². The average Bonchev–Trinajstić information content (AvgIpc) is 3.23. The van der Waals surface area contributed by atoms with E-state index in [0.717, 1.165) is 68.9 Å². The van der Waals surface area contributed by atoms with E-state index in [1.54, 1.807) is 0 Å². The van der Waals surface area contributed by atoms with Crippen LogP contribution in [-0.2, 0) is 22.4 Å². The first kappa shape index (κ1) is 13.2. The summed E-state index contributed by atoms with van der Waals surface area (Å²) in [6, 6.07) is 3.98. The molecule has 112 valence electrons. The Morgan fingerprint density at radius 3 is 2.71 bits per heavy atom. The summed E-state index contributed by atoms with van der Waals surface area (Å²) >= 11 is 0. The summed E-state index contributed by atoms with van der Waals surface area (Å²) in [6.45, 7) is 2.62. The zero-order chi connectivity index (χ0) is 14.1. The van der Waals surface area contributed by atoms with Gasteiger partial charge in [0.1, 0.15) is 11.3 Å². The maximum Gasteiger partial charge on any atom is 0.160 e. The summed E-state index contributed by atoms with van der Waals surface area (Å²) in [5, 5.41) is 0. The molecule has 0 amide bonds. The molecule has 0 bridgehead atoms. The van der Waals surface area contributed by atoms with Gasteiger partial charge in [0.25, 0.3) is 0 Å². The quantitative estimate of drug-likeness (QED) is 0.866. The van der Waals surface area contributed by atoms with Crippen molar-refractivity contribution in [2.75, 3.05) is 13.2 Å². The summed E-state index contributed by atoms with van der Waals surface area (Å²) in [6.07, 6.45) is 7.91. The number of aromatic nitrogens is 3. The summed E-state index contributed by atoms with van der Waals surface area (Å²) < 4.78 is 13.8. The normalized spacial score (nSPS) is 25.9. The van der Waals surface area contributed by atoms with Crippen molar-refractivity contribution < 1.29 is 9.47 Å². The van der Waals surface area contributed by atoms with Gasteiger partial charge in [0.05, 0.1) is 18.8 Å².